The Morgan fingerprint density at radius 1 is 1.13 bits per heavy atom. The lowest BCUT2D eigenvalue weighted by Gasteiger charge is -2.24. The molecule has 3 aromatic rings. The van der Waals surface area contributed by atoms with Gasteiger partial charge in [-0.1, -0.05) is 32.0 Å². The lowest BCUT2D eigenvalue weighted by molar-refractivity contribution is -0.115. The van der Waals surface area contributed by atoms with Crippen LogP contribution in [0.15, 0.2) is 45.6 Å². The number of nitrogens with zero attached hydrogens (tertiary/aromatic N) is 5. The molecule has 1 aromatic carbocycles. The highest BCUT2D eigenvalue weighted by molar-refractivity contribution is 6.29. The molecular weight excluding hydrogens is 406 g/mol. The summed E-state index contributed by atoms with van der Waals surface area (Å²) in [5.74, 6) is -0.227. The first-order valence-corrected chi connectivity index (χ1v) is 9.83. The van der Waals surface area contributed by atoms with Crippen LogP contribution in [0.4, 0.5) is 5.69 Å². The number of hydrogen-bond donors (Lipinski definition) is 0. The van der Waals surface area contributed by atoms with Crippen molar-refractivity contribution in [3.05, 3.63) is 67.7 Å². The number of carbonyl (C=O) groups excluding carboxylic acids is 1. The summed E-state index contributed by atoms with van der Waals surface area (Å²) in [4.78, 5) is 43.9. The third-order valence-corrected chi connectivity index (χ3v) is 6.14. The van der Waals surface area contributed by atoms with Gasteiger partial charge in [0.25, 0.3) is 5.56 Å². The average molecular weight is 428 g/mol. The number of ketones is 1. The Bertz CT molecular complexity index is 1360. The van der Waals surface area contributed by atoms with Gasteiger partial charge >= 0.3 is 5.69 Å². The van der Waals surface area contributed by atoms with Gasteiger partial charge in [0.05, 0.1) is 6.54 Å². The number of imidazole rings is 1. The van der Waals surface area contributed by atoms with Gasteiger partial charge in [0.2, 0.25) is 5.28 Å². The van der Waals surface area contributed by atoms with Gasteiger partial charge in [0.1, 0.15) is 0 Å². The van der Waals surface area contributed by atoms with E-state index >= 15 is 0 Å². The molecule has 8 nitrogen and oxygen atoms in total. The van der Waals surface area contributed by atoms with E-state index in [0.29, 0.717) is 0 Å². The Labute approximate surface area is 177 Å². The van der Waals surface area contributed by atoms with Crippen molar-refractivity contribution in [2.45, 2.75) is 25.8 Å². The van der Waals surface area contributed by atoms with Crippen molar-refractivity contribution in [1.82, 2.24) is 18.7 Å². The maximum atomic E-state index is 13.0. The lowest BCUT2D eigenvalue weighted by atomic mass is 9.83. The molecular formula is C21H22ClN5O3. The van der Waals surface area contributed by atoms with Gasteiger partial charge in [-0.2, -0.15) is 4.98 Å². The molecule has 9 heteroatoms. The van der Waals surface area contributed by atoms with Gasteiger partial charge < -0.3 is 9.47 Å². The summed E-state index contributed by atoms with van der Waals surface area (Å²) < 4.78 is 3.57. The summed E-state index contributed by atoms with van der Waals surface area (Å²) in [5, 5.41) is -0.0163. The lowest BCUT2D eigenvalue weighted by Crippen LogP contribution is -2.37. The van der Waals surface area contributed by atoms with Crippen LogP contribution in [0.2, 0.25) is 5.28 Å². The van der Waals surface area contributed by atoms with E-state index in [1.54, 1.807) is 6.08 Å². The molecule has 0 radical (unpaired) electrons. The summed E-state index contributed by atoms with van der Waals surface area (Å²) in [7, 11) is 4.82. The fourth-order valence-electron chi connectivity index (χ4n) is 4.18. The van der Waals surface area contributed by atoms with Crippen LogP contribution >= 0.6 is 11.6 Å². The number of aryl methyl sites for hydroxylation is 1. The standard InChI is InChI=1S/C21H22ClN5O3/c1-21(2)13-8-6-7-9-14(13)24(3)15(21)10-12(28)11-27-16-17(23-19(27)22)25(4)20(30)26(5)18(16)29/h6-10H,11H2,1-5H3. The Kier molecular flexibility index (Phi) is 4.50. The quantitative estimate of drug-likeness (QED) is 0.471. The second-order valence-electron chi connectivity index (χ2n) is 8.04. The van der Waals surface area contributed by atoms with E-state index in [4.69, 9.17) is 11.6 Å². The monoisotopic (exact) mass is 427 g/mol. The van der Waals surface area contributed by atoms with Crippen molar-refractivity contribution in [3.63, 3.8) is 0 Å². The van der Waals surface area contributed by atoms with Crippen molar-refractivity contribution >= 4 is 34.2 Å². The molecule has 156 valence electrons. The van der Waals surface area contributed by atoms with E-state index in [9.17, 15) is 14.4 Å². The number of likely N-dealkylation sites (N-methyl/N-ethyl adjacent to an activating group) is 1. The van der Waals surface area contributed by atoms with Crippen molar-refractivity contribution in [2.75, 3.05) is 11.9 Å². The molecule has 0 atom stereocenters. The molecule has 3 heterocycles. The molecule has 0 N–H and O–H groups in total. The van der Waals surface area contributed by atoms with Gasteiger partial charge in [-0.05, 0) is 23.2 Å². The van der Waals surface area contributed by atoms with Gasteiger partial charge in [0.15, 0.2) is 16.9 Å². The topological polar surface area (TPSA) is 82.1 Å². The predicted octanol–water partition coefficient (Wildman–Crippen LogP) is 1.97. The minimum Gasteiger partial charge on any atom is -0.347 e. The molecule has 1 aliphatic heterocycles. The zero-order valence-electron chi connectivity index (χ0n) is 17.4. The first-order valence-electron chi connectivity index (χ1n) is 9.45. The maximum absolute atomic E-state index is 13.0. The normalized spacial score (nSPS) is 16.5. The molecule has 0 saturated carbocycles. The van der Waals surface area contributed by atoms with Crippen LogP contribution in [0.3, 0.4) is 0 Å². The summed E-state index contributed by atoms with van der Waals surface area (Å²) in [5.41, 5.74) is 1.93. The number of rotatable bonds is 3. The van der Waals surface area contributed by atoms with Crippen LogP contribution in [0.25, 0.3) is 11.2 Å². The second-order valence-corrected chi connectivity index (χ2v) is 8.38. The Hall–Kier alpha value is -3.13. The fraction of sp³-hybridized carbons (Fsp3) is 0.333. The summed E-state index contributed by atoms with van der Waals surface area (Å²) in [6.07, 6.45) is 1.59. The summed E-state index contributed by atoms with van der Waals surface area (Å²) in [6.45, 7) is 3.98. The number of hydrogen-bond acceptors (Lipinski definition) is 5. The molecule has 0 unspecified atom stereocenters. The van der Waals surface area contributed by atoms with Crippen molar-refractivity contribution in [2.24, 2.45) is 14.1 Å². The SMILES string of the molecule is CN1C(=CC(=O)Cn2c(Cl)nc3c2c(=O)n(C)c(=O)n3C)C(C)(C)c2ccccc21. The van der Waals surface area contributed by atoms with Crippen molar-refractivity contribution in [1.29, 1.82) is 0 Å². The van der Waals surface area contributed by atoms with Gasteiger partial charge in [0, 0.05) is 44.0 Å². The smallest absolute Gasteiger partial charge is 0.332 e. The largest absolute Gasteiger partial charge is 0.347 e. The van der Waals surface area contributed by atoms with Crippen molar-refractivity contribution in [3.8, 4) is 0 Å². The summed E-state index contributed by atoms with van der Waals surface area (Å²) in [6, 6.07) is 8.03. The molecule has 0 fully saturated rings. The van der Waals surface area contributed by atoms with Gasteiger partial charge in [-0.3, -0.25) is 18.7 Å². The number of benzene rings is 1. The molecule has 0 spiro atoms. The average Bonchev–Trinajstić information content (AvgIpc) is 3.13. The molecule has 0 amide bonds. The number of para-hydroxylation sites is 1. The number of halogens is 1. The van der Waals surface area contributed by atoms with Crippen LogP contribution in [0.5, 0.6) is 0 Å². The van der Waals surface area contributed by atoms with E-state index in [1.165, 1.54) is 23.2 Å². The molecule has 30 heavy (non-hydrogen) atoms. The van der Waals surface area contributed by atoms with E-state index in [2.05, 4.69) is 24.9 Å². The number of allylic oxidation sites excluding steroid dienone is 2. The van der Waals surface area contributed by atoms with Crippen LogP contribution in [0.1, 0.15) is 19.4 Å². The highest BCUT2D eigenvalue weighted by Crippen LogP contribution is 2.46. The fourth-order valence-corrected chi connectivity index (χ4v) is 4.40. The molecule has 0 aliphatic carbocycles. The van der Waals surface area contributed by atoms with E-state index in [1.807, 2.05) is 30.1 Å². The minimum absolute atomic E-state index is 0.0163. The predicted molar refractivity (Wildman–Crippen MR) is 116 cm³/mol. The summed E-state index contributed by atoms with van der Waals surface area (Å²) >= 11 is 6.24. The van der Waals surface area contributed by atoms with Gasteiger partial charge in [-0.25, -0.2) is 4.79 Å². The van der Waals surface area contributed by atoms with Gasteiger partial charge in [-0.15, -0.1) is 0 Å². The van der Waals surface area contributed by atoms with Crippen molar-refractivity contribution < 1.29 is 4.79 Å². The molecule has 2 aromatic heterocycles. The molecule has 1 aliphatic rings. The van der Waals surface area contributed by atoms with Crippen LogP contribution in [-0.4, -0.2) is 31.5 Å². The minimum atomic E-state index is -0.543. The third-order valence-electron chi connectivity index (χ3n) is 5.85. The third kappa shape index (κ3) is 2.74. The molecule has 0 saturated heterocycles. The second kappa shape index (κ2) is 6.70. The number of aromatic nitrogens is 4. The van der Waals surface area contributed by atoms with Crippen LogP contribution < -0.4 is 16.1 Å². The first-order chi connectivity index (χ1) is 14.1. The number of carbonyl (C=O) groups is 1. The molecule has 4 rings (SSSR count). The highest BCUT2D eigenvalue weighted by Gasteiger charge is 2.38. The molecule has 0 bridgehead atoms. The zero-order chi connectivity index (χ0) is 22.0. The van der Waals surface area contributed by atoms with Crippen LogP contribution in [-0.2, 0) is 30.8 Å². The Balaban J connectivity index is 1.78. The number of anilines is 1. The van der Waals surface area contributed by atoms with E-state index < -0.39 is 11.2 Å². The zero-order valence-corrected chi connectivity index (χ0v) is 18.2. The first kappa shape index (κ1) is 20.2. The Morgan fingerprint density at radius 3 is 2.47 bits per heavy atom. The van der Waals surface area contributed by atoms with E-state index in [-0.39, 0.29) is 34.2 Å². The van der Waals surface area contributed by atoms with E-state index in [0.717, 1.165) is 21.5 Å². The van der Waals surface area contributed by atoms with Crippen LogP contribution in [0, 0.1) is 0 Å². The Morgan fingerprint density at radius 2 is 1.80 bits per heavy atom. The maximum Gasteiger partial charge on any atom is 0.332 e. The number of fused-ring (bicyclic) bond motifs is 2. The highest BCUT2D eigenvalue weighted by atomic mass is 35.5.